The molecule has 0 atom stereocenters. The molecule has 0 N–H and O–H groups in total. The molecule has 0 bridgehead atoms. The SMILES string of the molecule is CCCc1ccsc1C(=O)Oc1cc(Cl)nnc1-c1ccc(F)cc1. The van der Waals surface area contributed by atoms with E-state index in [0.29, 0.717) is 16.1 Å². The van der Waals surface area contributed by atoms with Crippen molar-refractivity contribution in [1.82, 2.24) is 10.2 Å². The summed E-state index contributed by atoms with van der Waals surface area (Å²) in [5.74, 6) is -0.648. The number of benzene rings is 1. The Morgan fingerprint density at radius 1 is 1.24 bits per heavy atom. The third kappa shape index (κ3) is 4.03. The number of halogens is 2. The number of aromatic nitrogens is 2. The second-order valence-electron chi connectivity index (χ2n) is 5.30. The monoisotopic (exact) mass is 376 g/mol. The third-order valence-corrected chi connectivity index (χ3v) is 4.62. The summed E-state index contributed by atoms with van der Waals surface area (Å²) in [6, 6.07) is 9.03. The van der Waals surface area contributed by atoms with E-state index in [-0.39, 0.29) is 16.7 Å². The Morgan fingerprint density at radius 3 is 2.72 bits per heavy atom. The van der Waals surface area contributed by atoms with Crippen LogP contribution in [0.4, 0.5) is 4.39 Å². The number of esters is 1. The Balaban J connectivity index is 1.94. The highest BCUT2D eigenvalue weighted by Crippen LogP contribution is 2.31. The number of aryl methyl sites for hydroxylation is 1. The molecule has 0 amide bonds. The zero-order valence-electron chi connectivity index (χ0n) is 13.3. The first kappa shape index (κ1) is 17.5. The summed E-state index contributed by atoms with van der Waals surface area (Å²) in [5, 5.41) is 9.75. The number of thiophene rings is 1. The summed E-state index contributed by atoms with van der Waals surface area (Å²) >= 11 is 7.23. The van der Waals surface area contributed by atoms with E-state index in [1.807, 2.05) is 18.4 Å². The fourth-order valence-electron chi connectivity index (χ4n) is 2.37. The lowest BCUT2D eigenvalue weighted by Crippen LogP contribution is -2.10. The average molecular weight is 377 g/mol. The summed E-state index contributed by atoms with van der Waals surface area (Å²) in [6.45, 7) is 2.05. The van der Waals surface area contributed by atoms with Crippen LogP contribution in [0.2, 0.25) is 5.15 Å². The lowest BCUT2D eigenvalue weighted by atomic mass is 10.1. The number of rotatable bonds is 5. The maximum Gasteiger partial charge on any atom is 0.354 e. The predicted molar refractivity (Wildman–Crippen MR) is 95.7 cm³/mol. The molecule has 0 unspecified atom stereocenters. The third-order valence-electron chi connectivity index (χ3n) is 3.50. The van der Waals surface area contributed by atoms with Gasteiger partial charge >= 0.3 is 5.97 Å². The Hall–Kier alpha value is -2.31. The van der Waals surface area contributed by atoms with Crippen molar-refractivity contribution in [3.8, 4) is 17.0 Å². The summed E-state index contributed by atoms with van der Waals surface area (Å²) in [5.41, 5.74) is 1.86. The number of carbonyl (C=O) groups is 1. The molecule has 0 aliphatic heterocycles. The Bertz CT molecular complexity index is 896. The van der Waals surface area contributed by atoms with Crippen molar-refractivity contribution in [3.05, 3.63) is 63.2 Å². The van der Waals surface area contributed by atoms with Gasteiger partial charge in [-0.15, -0.1) is 21.5 Å². The molecular formula is C18H14ClFN2O2S. The van der Waals surface area contributed by atoms with Crippen molar-refractivity contribution in [2.45, 2.75) is 19.8 Å². The largest absolute Gasteiger partial charge is 0.420 e. The Morgan fingerprint density at radius 2 is 2.00 bits per heavy atom. The van der Waals surface area contributed by atoms with Crippen LogP contribution in [0.5, 0.6) is 5.75 Å². The molecule has 25 heavy (non-hydrogen) atoms. The van der Waals surface area contributed by atoms with Crippen LogP contribution in [0.3, 0.4) is 0 Å². The van der Waals surface area contributed by atoms with Gasteiger partial charge < -0.3 is 4.74 Å². The molecule has 0 aliphatic carbocycles. The first-order valence-electron chi connectivity index (χ1n) is 7.66. The minimum atomic E-state index is -0.467. The van der Waals surface area contributed by atoms with Crippen LogP contribution in [0.25, 0.3) is 11.3 Å². The van der Waals surface area contributed by atoms with Gasteiger partial charge in [0.1, 0.15) is 16.4 Å². The van der Waals surface area contributed by atoms with Crippen LogP contribution < -0.4 is 4.74 Å². The van der Waals surface area contributed by atoms with Gasteiger partial charge in [-0.25, -0.2) is 9.18 Å². The first-order chi connectivity index (χ1) is 12.1. The van der Waals surface area contributed by atoms with Crippen LogP contribution in [-0.4, -0.2) is 16.2 Å². The highest BCUT2D eigenvalue weighted by molar-refractivity contribution is 7.12. The van der Waals surface area contributed by atoms with E-state index in [1.165, 1.54) is 41.7 Å². The Kier molecular flexibility index (Phi) is 5.40. The van der Waals surface area contributed by atoms with Gasteiger partial charge in [0.25, 0.3) is 0 Å². The quantitative estimate of drug-likeness (QED) is 0.576. The first-order valence-corrected chi connectivity index (χ1v) is 8.92. The van der Waals surface area contributed by atoms with Crippen LogP contribution in [0.15, 0.2) is 41.8 Å². The number of nitrogens with zero attached hydrogens (tertiary/aromatic N) is 2. The van der Waals surface area contributed by atoms with Gasteiger partial charge in [0, 0.05) is 11.6 Å². The molecule has 0 aliphatic rings. The van der Waals surface area contributed by atoms with Crippen LogP contribution in [0, 0.1) is 5.82 Å². The van der Waals surface area contributed by atoms with E-state index in [9.17, 15) is 9.18 Å². The van der Waals surface area contributed by atoms with Crippen LogP contribution in [0.1, 0.15) is 28.6 Å². The second-order valence-corrected chi connectivity index (χ2v) is 6.60. The molecule has 2 aromatic heterocycles. The van der Waals surface area contributed by atoms with Crippen molar-refractivity contribution in [2.24, 2.45) is 0 Å². The highest BCUT2D eigenvalue weighted by atomic mass is 35.5. The molecule has 0 saturated carbocycles. The van der Waals surface area contributed by atoms with Gasteiger partial charge in [-0.3, -0.25) is 0 Å². The van der Waals surface area contributed by atoms with Gasteiger partial charge in [-0.1, -0.05) is 24.9 Å². The van der Waals surface area contributed by atoms with E-state index in [2.05, 4.69) is 10.2 Å². The Labute approximate surface area is 153 Å². The molecule has 2 heterocycles. The highest BCUT2D eigenvalue weighted by Gasteiger charge is 2.19. The fraction of sp³-hybridized carbons (Fsp3) is 0.167. The fourth-order valence-corrected chi connectivity index (χ4v) is 3.33. The minimum Gasteiger partial charge on any atom is -0.420 e. The lowest BCUT2D eigenvalue weighted by Gasteiger charge is -2.09. The topological polar surface area (TPSA) is 52.1 Å². The molecule has 0 spiro atoms. The number of hydrogen-bond donors (Lipinski definition) is 0. The van der Waals surface area contributed by atoms with Crippen molar-refractivity contribution in [2.75, 3.05) is 0 Å². The van der Waals surface area contributed by atoms with Gasteiger partial charge in [-0.05, 0) is 47.7 Å². The second kappa shape index (κ2) is 7.72. The molecule has 3 aromatic rings. The van der Waals surface area contributed by atoms with Gasteiger partial charge in [0.05, 0.1) is 0 Å². The van der Waals surface area contributed by atoms with Crippen molar-refractivity contribution in [1.29, 1.82) is 0 Å². The maximum absolute atomic E-state index is 13.1. The summed E-state index contributed by atoms with van der Waals surface area (Å²) in [6.07, 6.45) is 1.73. The van der Waals surface area contributed by atoms with E-state index >= 15 is 0 Å². The number of hydrogen-bond acceptors (Lipinski definition) is 5. The zero-order chi connectivity index (χ0) is 17.8. The molecule has 3 rings (SSSR count). The predicted octanol–water partition coefficient (Wildman–Crippen LogP) is 5.17. The van der Waals surface area contributed by atoms with Gasteiger partial charge in [0.15, 0.2) is 10.9 Å². The molecule has 0 radical (unpaired) electrons. The molecular weight excluding hydrogens is 363 g/mol. The lowest BCUT2D eigenvalue weighted by molar-refractivity contribution is 0.0739. The maximum atomic E-state index is 13.1. The van der Waals surface area contributed by atoms with E-state index in [4.69, 9.17) is 16.3 Å². The standard InChI is InChI=1S/C18H14ClFN2O2S/c1-2-3-12-8-9-25-17(12)18(23)24-14-10-15(19)21-22-16(14)11-4-6-13(20)7-5-11/h4-10H,2-3H2,1H3. The summed E-state index contributed by atoms with van der Waals surface area (Å²) in [7, 11) is 0. The van der Waals surface area contributed by atoms with Gasteiger partial charge in [0.2, 0.25) is 0 Å². The van der Waals surface area contributed by atoms with E-state index in [1.54, 1.807) is 0 Å². The van der Waals surface area contributed by atoms with Gasteiger partial charge in [-0.2, -0.15) is 0 Å². The average Bonchev–Trinajstić information content (AvgIpc) is 3.05. The number of carbonyl (C=O) groups excluding carboxylic acids is 1. The number of ether oxygens (including phenoxy) is 1. The van der Waals surface area contributed by atoms with Crippen molar-refractivity contribution < 1.29 is 13.9 Å². The van der Waals surface area contributed by atoms with Crippen LogP contribution in [-0.2, 0) is 6.42 Å². The zero-order valence-corrected chi connectivity index (χ0v) is 14.9. The van der Waals surface area contributed by atoms with E-state index in [0.717, 1.165) is 18.4 Å². The summed E-state index contributed by atoms with van der Waals surface area (Å²) in [4.78, 5) is 13.1. The normalized spacial score (nSPS) is 10.7. The molecule has 1 aromatic carbocycles. The molecule has 7 heteroatoms. The smallest absolute Gasteiger partial charge is 0.354 e. The molecule has 128 valence electrons. The molecule has 0 fully saturated rings. The van der Waals surface area contributed by atoms with Crippen LogP contribution >= 0.6 is 22.9 Å². The summed E-state index contributed by atoms with van der Waals surface area (Å²) < 4.78 is 18.7. The minimum absolute atomic E-state index is 0.105. The van der Waals surface area contributed by atoms with Crippen molar-refractivity contribution in [3.63, 3.8) is 0 Å². The van der Waals surface area contributed by atoms with E-state index < -0.39 is 5.97 Å². The van der Waals surface area contributed by atoms with Crippen molar-refractivity contribution >= 4 is 28.9 Å². The molecule has 0 saturated heterocycles. The molecule has 4 nitrogen and oxygen atoms in total.